The minimum Gasteiger partial charge on any atom is -0.372 e. The molecule has 158 valence electrons. The second-order valence-electron chi connectivity index (χ2n) is 9.09. The van der Waals surface area contributed by atoms with E-state index in [-0.39, 0.29) is 17.4 Å². The van der Waals surface area contributed by atoms with Gasteiger partial charge in [0.05, 0.1) is 0 Å². The number of piperidine rings is 1. The molecular weight excluding hydrogens is 396 g/mol. The summed E-state index contributed by atoms with van der Waals surface area (Å²) in [6.45, 7) is 4.80. The summed E-state index contributed by atoms with van der Waals surface area (Å²) < 4.78 is 5.14. The van der Waals surface area contributed by atoms with E-state index >= 15 is 0 Å². The van der Waals surface area contributed by atoms with Crippen LogP contribution in [0, 0.1) is 0 Å². The fourth-order valence-electron chi connectivity index (χ4n) is 5.86. The number of carbonyl (C=O) groups is 1. The van der Waals surface area contributed by atoms with E-state index in [2.05, 4.69) is 46.6 Å². The fraction of sp³-hybridized carbons (Fsp3) is 0.480. The molecule has 0 unspecified atom stereocenters. The summed E-state index contributed by atoms with van der Waals surface area (Å²) in [4.78, 5) is 14.7. The second kappa shape index (κ2) is 7.67. The largest absolute Gasteiger partial charge is 0.372 e. The van der Waals surface area contributed by atoms with Crippen LogP contribution >= 0.6 is 11.6 Å². The summed E-state index contributed by atoms with van der Waals surface area (Å²) in [7, 11) is 1.57. The lowest BCUT2D eigenvalue weighted by Gasteiger charge is -2.40. The monoisotopic (exact) mass is 424 g/mol. The molecule has 2 aromatic carbocycles. The van der Waals surface area contributed by atoms with E-state index in [0.29, 0.717) is 5.92 Å². The lowest BCUT2D eigenvalue weighted by molar-refractivity contribution is -0.131. The zero-order valence-electron chi connectivity index (χ0n) is 17.7. The van der Waals surface area contributed by atoms with Crippen molar-refractivity contribution >= 4 is 17.5 Å². The number of hydrogen-bond donors (Lipinski definition) is 1. The van der Waals surface area contributed by atoms with E-state index in [9.17, 15) is 4.79 Å². The van der Waals surface area contributed by atoms with Crippen molar-refractivity contribution in [3.8, 4) is 0 Å². The lowest BCUT2D eigenvalue weighted by atomic mass is 9.74. The molecular formula is C25H29ClN2O2. The first-order valence-corrected chi connectivity index (χ1v) is 11.3. The first kappa shape index (κ1) is 20.0. The molecule has 1 heterocycles. The predicted molar refractivity (Wildman–Crippen MR) is 119 cm³/mol. The molecule has 2 bridgehead atoms. The van der Waals surface area contributed by atoms with Crippen LogP contribution in [-0.4, -0.2) is 49.7 Å². The van der Waals surface area contributed by atoms with Crippen molar-refractivity contribution in [1.29, 1.82) is 0 Å². The topological polar surface area (TPSA) is 41.6 Å². The molecule has 2 aromatic rings. The maximum absolute atomic E-state index is 12.1. The Hall–Kier alpha value is -1.88. The zero-order valence-corrected chi connectivity index (χ0v) is 18.4. The van der Waals surface area contributed by atoms with Gasteiger partial charge in [0.2, 0.25) is 5.91 Å². The standard InChI is InChI=1S/C25H29ClN2O2/c1-16(30-2)24(29)27-18-9-11-28(12-10-18)15-25-14-21(19-5-3-4-6-22(19)25)20-8-7-17(26)13-23(20)25/h3-8,13,16,18,21H,9-12,14-15H2,1-2H3,(H,27,29)/t16-,21+,25-/m1/s1. The number of hydrogen-bond acceptors (Lipinski definition) is 3. The maximum atomic E-state index is 12.1. The highest BCUT2D eigenvalue weighted by Crippen LogP contribution is 2.60. The molecule has 5 rings (SSSR count). The van der Waals surface area contributed by atoms with Gasteiger partial charge in [0.15, 0.2) is 0 Å². The van der Waals surface area contributed by atoms with Crippen LogP contribution in [0.3, 0.4) is 0 Å². The number of carbonyl (C=O) groups excluding carboxylic acids is 1. The van der Waals surface area contributed by atoms with Gasteiger partial charge in [-0.15, -0.1) is 0 Å². The van der Waals surface area contributed by atoms with Gasteiger partial charge in [0, 0.05) is 49.1 Å². The van der Waals surface area contributed by atoms with E-state index in [4.69, 9.17) is 16.3 Å². The summed E-state index contributed by atoms with van der Waals surface area (Å²) in [5.41, 5.74) is 5.87. The normalized spacial score (nSPS) is 26.3. The summed E-state index contributed by atoms with van der Waals surface area (Å²) in [6.07, 6.45) is 2.70. The Morgan fingerprint density at radius 3 is 2.70 bits per heavy atom. The molecule has 0 saturated carbocycles. The van der Waals surface area contributed by atoms with Gasteiger partial charge in [-0.25, -0.2) is 0 Å². The highest BCUT2D eigenvalue weighted by Gasteiger charge is 2.53. The Kier molecular flexibility index (Phi) is 5.12. The molecule has 1 saturated heterocycles. The molecule has 5 heteroatoms. The van der Waals surface area contributed by atoms with Crippen molar-refractivity contribution in [2.24, 2.45) is 0 Å². The Morgan fingerprint density at radius 2 is 1.93 bits per heavy atom. The van der Waals surface area contributed by atoms with Gasteiger partial charge in [-0.05, 0) is 60.6 Å². The van der Waals surface area contributed by atoms with Crippen molar-refractivity contribution in [2.45, 2.75) is 49.7 Å². The molecule has 0 spiro atoms. The maximum Gasteiger partial charge on any atom is 0.249 e. The highest BCUT2D eigenvalue weighted by atomic mass is 35.5. The molecule has 2 aliphatic carbocycles. The second-order valence-corrected chi connectivity index (χ2v) is 9.53. The van der Waals surface area contributed by atoms with E-state index in [0.717, 1.165) is 43.9 Å². The van der Waals surface area contributed by atoms with Gasteiger partial charge < -0.3 is 15.0 Å². The van der Waals surface area contributed by atoms with Crippen molar-refractivity contribution in [1.82, 2.24) is 10.2 Å². The van der Waals surface area contributed by atoms with Crippen LogP contribution in [0.5, 0.6) is 0 Å². The van der Waals surface area contributed by atoms with Crippen LogP contribution < -0.4 is 5.32 Å². The number of amides is 1. The van der Waals surface area contributed by atoms with Crippen LogP contribution in [0.2, 0.25) is 5.02 Å². The van der Waals surface area contributed by atoms with Gasteiger partial charge in [-0.2, -0.15) is 0 Å². The highest BCUT2D eigenvalue weighted by molar-refractivity contribution is 6.30. The molecule has 3 atom stereocenters. The number of halogens is 1. The predicted octanol–water partition coefficient (Wildman–Crippen LogP) is 4.09. The van der Waals surface area contributed by atoms with Crippen LogP contribution in [0.15, 0.2) is 42.5 Å². The molecule has 1 N–H and O–H groups in total. The van der Waals surface area contributed by atoms with Crippen LogP contribution in [-0.2, 0) is 14.9 Å². The zero-order chi connectivity index (χ0) is 20.9. The summed E-state index contributed by atoms with van der Waals surface area (Å²) in [5, 5.41) is 3.97. The Balaban J connectivity index is 1.35. The first-order chi connectivity index (χ1) is 14.5. The van der Waals surface area contributed by atoms with Crippen LogP contribution in [0.4, 0.5) is 0 Å². The summed E-state index contributed by atoms with van der Waals surface area (Å²) >= 11 is 6.43. The number of nitrogens with zero attached hydrogens (tertiary/aromatic N) is 1. The summed E-state index contributed by atoms with van der Waals surface area (Å²) in [5.74, 6) is 0.474. The molecule has 1 fully saturated rings. The van der Waals surface area contributed by atoms with Gasteiger partial charge in [-0.1, -0.05) is 41.9 Å². The van der Waals surface area contributed by atoms with E-state index < -0.39 is 6.10 Å². The van der Waals surface area contributed by atoms with Crippen molar-refractivity contribution in [3.05, 3.63) is 69.7 Å². The molecule has 30 heavy (non-hydrogen) atoms. The summed E-state index contributed by atoms with van der Waals surface area (Å²) in [6, 6.07) is 15.7. The van der Waals surface area contributed by atoms with E-state index in [1.54, 1.807) is 14.0 Å². The molecule has 1 amide bonds. The Labute approximate surface area is 183 Å². The van der Waals surface area contributed by atoms with Gasteiger partial charge in [0.1, 0.15) is 6.10 Å². The number of likely N-dealkylation sites (tertiary alicyclic amines) is 1. The first-order valence-electron chi connectivity index (χ1n) is 11.0. The molecule has 4 nitrogen and oxygen atoms in total. The van der Waals surface area contributed by atoms with Gasteiger partial charge in [-0.3, -0.25) is 4.79 Å². The molecule has 1 aliphatic heterocycles. The lowest BCUT2D eigenvalue weighted by Crippen LogP contribution is -2.50. The number of fused-ring (bicyclic) bond motifs is 8. The average Bonchev–Trinajstić information content (AvgIpc) is 3.26. The Bertz CT molecular complexity index is 969. The SMILES string of the molecule is CO[C@H](C)C(=O)NC1CCN(C[C@]23C[C@@H](c4ccccc42)c2ccc(Cl)cc23)CC1. The number of ether oxygens (including phenoxy) is 1. The number of benzene rings is 2. The third-order valence-corrected chi connectivity index (χ3v) is 7.70. The average molecular weight is 425 g/mol. The quantitative estimate of drug-likeness (QED) is 0.785. The number of nitrogens with one attached hydrogen (secondary N) is 1. The smallest absolute Gasteiger partial charge is 0.249 e. The van der Waals surface area contributed by atoms with Crippen molar-refractivity contribution in [3.63, 3.8) is 0 Å². The van der Waals surface area contributed by atoms with E-state index in [1.165, 1.54) is 22.3 Å². The van der Waals surface area contributed by atoms with Gasteiger partial charge >= 0.3 is 0 Å². The third-order valence-electron chi connectivity index (χ3n) is 7.46. The molecule has 0 radical (unpaired) electrons. The number of methoxy groups -OCH3 is 1. The third kappa shape index (κ3) is 3.17. The van der Waals surface area contributed by atoms with Crippen LogP contribution in [0.1, 0.15) is 54.4 Å². The molecule has 3 aliphatic rings. The van der Waals surface area contributed by atoms with Crippen LogP contribution in [0.25, 0.3) is 0 Å². The minimum atomic E-state index is -0.395. The van der Waals surface area contributed by atoms with Crippen molar-refractivity contribution in [2.75, 3.05) is 26.7 Å². The molecule has 0 aromatic heterocycles. The Morgan fingerprint density at radius 1 is 1.20 bits per heavy atom. The van der Waals surface area contributed by atoms with Gasteiger partial charge in [0.25, 0.3) is 0 Å². The van der Waals surface area contributed by atoms with E-state index in [1.807, 2.05) is 6.07 Å². The minimum absolute atomic E-state index is 0.0125. The fourth-order valence-corrected chi connectivity index (χ4v) is 6.03. The number of rotatable bonds is 5. The van der Waals surface area contributed by atoms with Crippen molar-refractivity contribution < 1.29 is 9.53 Å².